The highest BCUT2D eigenvalue weighted by atomic mass is 16.5. The van der Waals surface area contributed by atoms with Crippen molar-refractivity contribution < 1.29 is 4.74 Å². The molecule has 0 spiro atoms. The van der Waals surface area contributed by atoms with Crippen LogP contribution in [0.1, 0.15) is 45.4 Å². The van der Waals surface area contributed by atoms with Crippen molar-refractivity contribution in [3.8, 4) is 0 Å². The highest BCUT2D eigenvalue weighted by Gasteiger charge is 2.36. The van der Waals surface area contributed by atoms with E-state index in [-0.39, 0.29) is 0 Å². The summed E-state index contributed by atoms with van der Waals surface area (Å²) in [5, 5.41) is 3.49. The van der Waals surface area contributed by atoms with E-state index in [4.69, 9.17) is 10.6 Å². The first-order valence-corrected chi connectivity index (χ1v) is 8.31. The molecule has 0 aromatic carbocycles. The monoisotopic (exact) mass is 297 g/mol. The molecule has 21 heavy (non-hydrogen) atoms. The lowest BCUT2D eigenvalue weighted by Gasteiger charge is -2.47. The van der Waals surface area contributed by atoms with Crippen LogP contribution in [0.4, 0.5) is 0 Å². The number of guanidine groups is 1. The Kier molecular flexibility index (Phi) is 6.73. The number of hydrazine groups is 1. The maximum Gasteiger partial charge on any atom is 0.205 e. The van der Waals surface area contributed by atoms with Crippen LogP contribution in [0.15, 0.2) is 4.99 Å². The van der Waals surface area contributed by atoms with Gasteiger partial charge in [0.2, 0.25) is 5.96 Å². The van der Waals surface area contributed by atoms with Crippen LogP contribution >= 0.6 is 0 Å². The van der Waals surface area contributed by atoms with Gasteiger partial charge in [0.1, 0.15) is 0 Å². The molecule has 2 aliphatic rings. The Balaban J connectivity index is 1.77. The Morgan fingerprint density at radius 3 is 2.67 bits per heavy atom. The first kappa shape index (κ1) is 16.5. The highest BCUT2D eigenvalue weighted by molar-refractivity contribution is 5.79. The molecule has 0 saturated carbocycles. The lowest BCUT2D eigenvalue weighted by molar-refractivity contribution is 0.0526. The van der Waals surface area contributed by atoms with E-state index >= 15 is 0 Å². The Hall–Kier alpha value is -0.850. The van der Waals surface area contributed by atoms with E-state index in [1.807, 2.05) is 6.92 Å². The second kappa shape index (κ2) is 8.56. The van der Waals surface area contributed by atoms with E-state index in [2.05, 4.69) is 27.7 Å². The molecule has 0 amide bonds. The van der Waals surface area contributed by atoms with E-state index in [0.717, 1.165) is 32.1 Å². The zero-order valence-corrected chi connectivity index (χ0v) is 13.5. The minimum Gasteiger partial charge on any atom is -0.382 e. The molecule has 122 valence electrons. The predicted octanol–water partition coefficient (Wildman–Crippen LogP) is 0.837. The number of nitrogens with one attached hydrogen (secondary N) is 2. The van der Waals surface area contributed by atoms with Gasteiger partial charge in [-0.15, -0.1) is 0 Å². The van der Waals surface area contributed by atoms with Crippen molar-refractivity contribution in [3.63, 3.8) is 0 Å². The normalized spacial score (nSPS) is 30.2. The van der Waals surface area contributed by atoms with Crippen LogP contribution in [-0.2, 0) is 4.74 Å². The number of piperidine rings is 2. The summed E-state index contributed by atoms with van der Waals surface area (Å²) in [5.74, 6) is 6.31. The quantitative estimate of drug-likeness (QED) is 0.223. The average molecular weight is 297 g/mol. The fourth-order valence-corrected chi connectivity index (χ4v) is 3.56. The van der Waals surface area contributed by atoms with Crippen molar-refractivity contribution in [2.24, 2.45) is 10.8 Å². The van der Waals surface area contributed by atoms with E-state index < -0.39 is 0 Å². The number of fused-ring (bicyclic) bond motifs is 2. The van der Waals surface area contributed by atoms with Gasteiger partial charge in [-0.05, 0) is 46.1 Å². The number of ether oxygens (including phenoxy) is 1. The zero-order chi connectivity index (χ0) is 15.1. The maximum atomic E-state index is 5.59. The fourth-order valence-electron chi connectivity index (χ4n) is 3.56. The summed E-state index contributed by atoms with van der Waals surface area (Å²) in [6.45, 7) is 4.28. The Morgan fingerprint density at radius 1 is 1.33 bits per heavy atom. The number of nitrogens with two attached hydrogens (primary N) is 1. The Labute approximate surface area is 128 Å². The van der Waals surface area contributed by atoms with Crippen LogP contribution in [-0.4, -0.2) is 55.8 Å². The second-order valence-corrected chi connectivity index (χ2v) is 6.14. The van der Waals surface area contributed by atoms with E-state index in [1.165, 1.54) is 32.1 Å². The molecule has 2 unspecified atom stereocenters. The van der Waals surface area contributed by atoms with Gasteiger partial charge in [-0.1, -0.05) is 6.42 Å². The van der Waals surface area contributed by atoms with Crippen molar-refractivity contribution in [1.82, 2.24) is 15.6 Å². The number of aliphatic imine (C=N–C) groups is 1. The number of hydrogen-bond acceptors (Lipinski definition) is 4. The van der Waals surface area contributed by atoms with Crippen LogP contribution in [0, 0.1) is 0 Å². The third-order valence-corrected chi connectivity index (χ3v) is 4.74. The molecule has 0 aromatic heterocycles. The molecule has 2 saturated heterocycles. The summed E-state index contributed by atoms with van der Waals surface area (Å²) < 4.78 is 5.31. The molecule has 2 fully saturated rings. The molecule has 2 heterocycles. The minimum atomic E-state index is 0.484. The molecule has 2 aliphatic heterocycles. The first-order chi connectivity index (χ1) is 10.2. The van der Waals surface area contributed by atoms with Crippen LogP contribution in [0.25, 0.3) is 0 Å². The van der Waals surface area contributed by atoms with Crippen molar-refractivity contribution in [2.45, 2.75) is 63.6 Å². The molecule has 6 heteroatoms. The zero-order valence-electron chi connectivity index (χ0n) is 13.5. The van der Waals surface area contributed by atoms with Gasteiger partial charge < -0.3 is 15.0 Å². The van der Waals surface area contributed by atoms with Gasteiger partial charge in [-0.25, -0.2) is 5.84 Å². The van der Waals surface area contributed by atoms with Crippen LogP contribution in [0.5, 0.6) is 0 Å². The summed E-state index contributed by atoms with van der Waals surface area (Å²) in [7, 11) is 2.27. The van der Waals surface area contributed by atoms with Gasteiger partial charge in [0.05, 0.1) is 0 Å². The number of rotatable bonds is 6. The number of nitrogens with zero attached hydrogens (tertiary/aromatic N) is 2. The SMILES string of the molecule is CCOCCCN=C(NN)NC1CC2CCCC(C1)N2C. The van der Waals surface area contributed by atoms with Crippen LogP contribution in [0.2, 0.25) is 0 Å². The van der Waals surface area contributed by atoms with Gasteiger partial charge in [0.25, 0.3) is 0 Å². The summed E-state index contributed by atoms with van der Waals surface area (Å²) in [4.78, 5) is 7.06. The second-order valence-electron chi connectivity index (χ2n) is 6.14. The van der Waals surface area contributed by atoms with Gasteiger partial charge in [0, 0.05) is 37.9 Å². The Morgan fingerprint density at radius 2 is 2.05 bits per heavy atom. The van der Waals surface area contributed by atoms with E-state index in [9.17, 15) is 0 Å². The van der Waals surface area contributed by atoms with Gasteiger partial charge >= 0.3 is 0 Å². The maximum absolute atomic E-state index is 5.59. The fraction of sp³-hybridized carbons (Fsp3) is 0.933. The summed E-state index contributed by atoms with van der Waals surface area (Å²) >= 11 is 0. The minimum absolute atomic E-state index is 0.484. The largest absolute Gasteiger partial charge is 0.382 e. The third kappa shape index (κ3) is 4.83. The topological polar surface area (TPSA) is 74.9 Å². The van der Waals surface area contributed by atoms with Crippen LogP contribution < -0.4 is 16.6 Å². The lowest BCUT2D eigenvalue weighted by atomic mass is 9.82. The predicted molar refractivity (Wildman–Crippen MR) is 86.1 cm³/mol. The first-order valence-electron chi connectivity index (χ1n) is 8.31. The summed E-state index contributed by atoms with van der Waals surface area (Å²) in [5.41, 5.74) is 2.70. The molecule has 0 aromatic rings. The third-order valence-electron chi connectivity index (χ3n) is 4.74. The van der Waals surface area contributed by atoms with E-state index in [1.54, 1.807) is 0 Å². The molecule has 2 atom stereocenters. The Bertz CT molecular complexity index is 322. The van der Waals surface area contributed by atoms with Crippen molar-refractivity contribution in [2.75, 3.05) is 26.8 Å². The molecular weight excluding hydrogens is 266 g/mol. The molecular formula is C15H31N5O. The van der Waals surface area contributed by atoms with Crippen molar-refractivity contribution in [3.05, 3.63) is 0 Å². The molecule has 2 bridgehead atoms. The molecule has 2 rings (SSSR count). The average Bonchev–Trinajstić information content (AvgIpc) is 2.46. The smallest absolute Gasteiger partial charge is 0.205 e. The number of hydrogen-bond donors (Lipinski definition) is 3. The standard InChI is InChI=1S/C15H31N5O/c1-3-21-9-5-8-17-15(19-16)18-12-10-13-6-4-7-14(11-12)20(13)2/h12-14H,3-11,16H2,1-2H3,(H2,17,18,19). The van der Waals surface area contributed by atoms with Crippen molar-refractivity contribution in [1.29, 1.82) is 0 Å². The van der Waals surface area contributed by atoms with E-state index in [0.29, 0.717) is 18.1 Å². The van der Waals surface area contributed by atoms with Gasteiger partial charge in [-0.2, -0.15) is 0 Å². The highest BCUT2D eigenvalue weighted by Crippen LogP contribution is 2.32. The summed E-state index contributed by atoms with van der Waals surface area (Å²) in [6, 6.07) is 1.91. The lowest BCUT2D eigenvalue weighted by Crippen LogP contribution is -2.57. The molecule has 4 N–H and O–H groups in total. The van der Waals surface area contributed by atoms with Crippen molar-refractivity contribution >= 4 is 5.96 Å². The summed E-state index contributed by atoms with van der Waals surface area (Å²) in [6.07, 6.45) is 7.32. The molecule has 0 radical (unpaired) electrons. The van der Waals surface area contributed by atoms with Gasteiger partial charge in [0.15, 0.2) is 0 Å². The molecule has 6 nitrogen and oxygen atoms in total. The van der Waals surface area contributed by atoms with Crippen LogP contribution in [0.3, 0.4) is 0 Å². The van der Waals surface area contributed by atoms with Gasteiger partial charge in [-0.3, -0.25) is 10.4 Å². The molecule has 0 aliphatic carbocycles.